The second-order valence-corrected chi connectivity index (χ2v) is 8.65. The fourth-order valence-corrected chi connectivity index (χ4v) is 5.49. The molecule has 2 aromatic rings. The maximum atomic E-state index is 12.7. The summed E-state index contributed by atoms with van der Waals surface area (Å²) < 4.78 is 0. The van der Waals surface area contributed by atoms with Crippen molar-refractivity contribution in [2.75, 3.05) is 13.1 Å². The first-order valence-corrected chi connectivity index (χ1v) is 9.86. The van der Waals surface area contributed by atoms with Gasteiger partial charge in [0.15, 0.2) is 0 Å². The van der Waals surface area contributed by atoms with Crippen LogP contribution in [0.4, 0.5) is 0 Å². The highest BCUT2D eigenvalue weighted by Crippen LogP contribution is 2.68. The molecule has 3 heterocycles. The number of hydrogen-bond donors (Lipinski definition) is 2. The van der Waals surface area contributed by atoms with Crippen LogP contribution in [0.2, 0.25) is 0 Å². The van der Waals surface area contributed by atoms with Crippen molar-refractivity contribution in [1.29, 1.82) is 0 Å². The Morgan fingerprint density at radius 2 is 2.22 bits per heavy atom. The van der Waals surface area contributed by atoms with Gasteiger partial charge in [0.1, 0.15) is 5.01 Å². The lowest BCUT2D eigenvalue weighted by molar-refractivity contribution is -0.127. The first-order chi connectivity index (χ1) is 11.1. The standard InChI is InChI=1S/C17H21N3OS2/c1-16(11-17(16)4-6-18-7-5-17)15(21)19-9-12-10-23-14(20-12)13-3-2-8-22-13/h2-3,8,10,18H,4-7,9,11H2,1H3,(H,19,21). The fraction of sp³-hybridized carbons (Fsp3) is 0.529. The number of thiophene rings is 1. The second-order valence-electron chi connectivity index (χ2n) is 6.84. The molecule has 1 atom stereocenters. The highest BCUT2D eigenvalue weighted by atomic mass is 32.1. The molecule has 1 spiro atoms. The number of amides is 1. The lowest BCUT2D eigenvalue weighted by Gasteiger charge is -2.27. The van der Waals surface area contributed by atoms with E-state index in [0.29, 0.717) is 6.54 Å². The number of nitrogens with one attached hydrogen (secondary N) is 2. The van der Waals surface area contributed by atoms with Crippen molar-refractivity contribution < 1.29 is 4.79 Å². The molecule has 0 bridgehead atoms. The van der Waals surface area contributed by atoms with Crippen LogP contribution < -0.4 is 10.6 Å². The molecular formula is C17H21N3OS2. The lowest BCUT2D eigenvalue weighted by atomic mass is 9.85. The van der Waals surface area contributed by atoms with E-state index in [1.54, 1.807) is 22.7 Å². The Kier molecular flexibility index (Phi) is 3.78. The predicted octanol–water partition coefficient (Wildman–Crippen LogP) is 3.27. The smallest absolute Gasteiger partial charge is 0.226 e. The summed E-state index contributed by atoms with van der Waals surface area (Å²) in [7, 11) is 0. The number of rotatable bonds is 4. The van der Waals surface area contributed by atoms with Gasteiger partial charge < -0.3 is 10.6 Å². The Hall–Kier alpha value is -1.24. The van der Waals surface area contributed by atoms with Gasteiger partial charge in [-0.15, -0.1) is 22.7 Å². The van der Waals surface area contributed by atoms with Gasteiger partial charge in [0.2, 0.25) is 5.91 Å². The highest BCUT2D eigenvalue weighted by Gasteiger charge is 2.67. The summed E-state index contributed by atoms with van der Waals surface area (Å²) in [5, 5.41) is 11.7. The largest absolute Gasteiger partial charge is 0.350 e. The number of nitrogens with zero attached hydrogens (tertiary/aromatic N) is 1. The summed E-state index contributed by atoms with van der Waals surface area (Å²) in [6, 6.07) is 4.12. The van der Waals surface area contributed by atoms with Crippen molar-refractivity contribution in [3.05, 3.63) is 28.6 Å². The number of hydrogen-bond acceptors (Lipinski definition) is 5. The fourth-order valence-electron chi connectivity index (χ4n) is 3.86. The van der Waals surface area contributed by atoms with E-state index in [-0.39, 0.29) is 16.7 Å². The quantitative estimate of drug-likeness (QED) is 0.892. The van der Waals surface area contributed by atoms with Crippen LogP contribution in [0.15, 0.2) is 22.9 Å². The topological polar surface area (TPSA) is 54.0 Å². The summed E-state index contributed by atoms with van der Waals surface area (Å²) in [6.07, 6.45) is 3.28. The van der Waals surface area contributed by atoms with Crippen LogP contribution in [-0.4, -0.2) is 24.0 Å². The van der Waals surface area contributed by atoms with E-state index in [0.717, 1.165) is 43.1 Å². The zero-order chi connectivity index (χ0) is 15.9. The van der Waals surface area contributed by atoms with Gasteiger partial charge in [-0.2, -0.15) is 0 Å². The first kappa shape index (κ1) is 15.3. The Labute approximate surface area is 144 Å². The molecule has 1 saturated carbocycles. The van der Waals surface area contributed by atoms with Crippen LogP contribution in [-0.2, 0) is 11.3 Å². The number of piperidine rings is 1. The van der Waals surface area contributed by atoms with E-state index in [4.69, 9.17) is 0 Å². The van der Waals surface area contributed by atoms with Crippen LogP contribution in [0, 0.1) is 10.8 Å². The molecule has 1 unspecified atom stereocenters. The van der Waals surface area contributed by atoms with Crippen LogP contribution in [0.1, 0.15) is 31.9 Å². The third-order valence-corrected chi connectivity index (χ3v) is 7.44. The number of carbonyl (C=O) groups is 1. The van der Waals surface area contributed by atoms with E-state index in [1.807, 2.05) is 11.4 Å². The summed E-state index contributed by atoms with van der Waals surface area (Å²) >= 11 is 3.34. The Bertz CT molecular complexity index is 703. The van der Waals surface area contributed by atoms with Crippen LogP contribution >= 0.6 is 22.7 Å². The summed E-state index contributed by atoms with van der Waals surface area (Å²) in [4.78, 5) is 18.5. The van der Waals surface area contributed by atoms with E-state index in [1.165, 1.54) is 4.88 Å². The molecule has 0 aromatic carbocycles. The Morgan fingerprint density at radius 1 is 1.39 bits per heavy atom. The summed E-state index contributed by atoms with van der Waals surface area (Å²) in [5.74, 6) is 0.199. The van der Waals surface area contributed by atoms with Crippen LogP contribution in [0.25, 0.3) is 9.88 Å². The maximum absolute atomic E-state index is 12.7. The average Bonchev–Trinajstić information content (AvgIpc) is 3.05. The molecule has 2 aliphatic rings. The molecule has 6 heteroatoms. The predicted molar refractivity (Wildman–Crippen MR) is 94.5 cm³/mol. The van der Waals surface area contributed by atoms with E-state index >= 15 is 0 Å². The second kappa shape index (κ2) is 5.69. The zero-order valence-electron chi connectivity index (χ0n) is 13.2. The van der Waals surface area contributed by atoms with Crippen molar-refractivity contribution in [2.24, 2.45) is 10.8 Å². The van der Waals surface area contributed by atoms with Gasteiger partial charge in [-0.1, -0.05) is 13.0 Å². The van der Waals surface area contributed by atoms with Gasteiger partial charge in [-0.3, -0.25) is 4.79 Å². The normalized spacial score (nSPS) is 25.4. The molecule has 0 radical (unpaired) electrons. The molecular weight excluding hydrogens is 326 g/mol. The average molecular weight is 348 g/mol. The minimum absolute atomic E-state index is 0.179. The first-order valence-electron chi connectivity index (χ1n) is 8.10. The molecule has 4 rings (SSSR count). The monoisotopic (exact) mass is 347 g/mol. The highest BCUT2D eigenvalue weighted by molar-refractivity contribution is 7.20. The molecule has 2 fully saturated rings. The Morgan fingerprint density at radius 3 is 2.96 bits per heavy atom. The van der Waals surface area contributed by atoms with E-state index in [9.17, 15) is 4.79 Å². The maximum Gasteiger partial charge on any atom is 0.226 e. The molecule has 23 heavy (non-hydrogen) atoms. The third-order valence-electron chi connectivity index (χ3n) is 5.51. The molecule has 1 aliphatic heterocycles. The molecule has 1 amide bonds. The van der Waals surface area contributed by atoms with Gasteiger partial charge >= 0.3 is 0 Å². The van der Waals surface area contributed by atoms with E-state index < -0.39 is 0 Å². The van der Waals surface area contributed by atoms with Crippen molar-refractivity contribution in [3.63, 3.8) is 0 Å². The minimum Gasteiger partial charge on any atom is -0.350 e. The van der Waals surface area contributed by atoms with Crippen molar-refractivity contribution in [1.82, 2.24) is 15.6 Å². The van der Waals surface area contributed by atoms with Gasteiger partial charge in [-0.05, 0) is 49.2 Å². The molecule has 1 saturated heterocycles. The van der Waals surface area contributed by atoms with Gasteiger partial charge in [0.05, 0.1) is 22.5 Å². The third kappa shape index (κ3) is 2.62. The molecule has 4 nitrogen and oxygen atoms in total. The molecule has 2 N–H and O–H groups in total. The summed E-state index contributed by atoms with van der Waals surface area (Å²) in [6.45, 7) is 4.74. The van der Waals surface area contributed by atoms with Gasteiger partial charge in [0.25, 0.3) is 0 Å². The van der Waals surface area contributed by atoms with Crippen LogP contribution in [0.3, 0.4) is 0 Å². The SMILES string of the molecule is CC1(C(=O)NCc2csc(-c3cccs3)n2)CC12CCNCC2. The number of aromatic nitrogens is 1. The van der Waals surface area contributed by atoms with Gasteiger partial charge in [-0.25, -0.2) is 4.98 Å². The number of thiazole rings is 1. The molecule has 2 aromatic heterocycles. The zero-order valence-corrected chi connectivity index (χ0v) is 14.9. The lowest BCUT2D eigenvalue weighted by Crippen LogP contribution is -2.38. The summed E-state index contributed by atoms with van der Waals surface area (Å²) in [5.41, 5.74) is 1.02. The van der Waals surface area contributed by atoms with Gasteiger partial charge in [0, 0.05) is 5.38 Å². The van der Waals surface area contributed by atoms with Crippen molar-refractivity contribution >= 4 is 28.6 Å². The number of carbonyl (C=O) groups excluding carboxylic acids is 1. The molecule has 1 aliphatic carbocycles. The van der Waals surface area contributed by atoms with Crippen LogP contribution in [0.5, 0.6) is 0 Å². The van der Waals surface area contributed by atoms with Crippen molar-refractivity contribution in [2.45, 2.75) is 32.7 Å². The minimum atomic E-state index is -0.179. The van der Waals surface area contributed by atoms with E-state index in [2.05, 4.69) is 34.0 Å². The van der Waals surface area contributed by atoms with Crippen molar-refractivity contribution in [3.8, 4) is 9.88 Å². The molecule has 122 valence electrons. The Balaban J connectivity index is 1.37.